The molecule has 0 aliphatic rings. The molecule has 0 unspecified atom stereocenters. The quantitative estimate of drug-likeness (QED) is 0.688. The second-order valence-corrected chi connectivity index (χ2v) is 2.91. The minimum Gasteiger partial charge on any atom is -0.388 e. The van der Waals surface area contributed by atoms with Crippen LogP contribution in [0, 0.1) is 5.92 Å². The van der Waals surface area contributed by atoms with Gasteiger partial charge in [-0.25, -0.2) is 9.67 Å². The Balaban J connectivity index is 2.68. The van der Waals surface area contributed by atoms with E-state index < -0.39 is 0 Å². The van der Waals surface area contributed by atoms with Crippen molar-refractivity contribution < 1.29 is 5.11 Å². The van der Waals surface area contributed by atoms with Crippen LogP contribution in [0.3, 0.4) is 0 Å². The molecule has 1 heterocycles. The SMILES string of the molecule is CC(C)Cn1ncnc1CO. The van der Waals surface area contributed by atoms with E-state index in [-0.39, 0.29) is 6.61 Å². The summed E-state index contributed by atoms with van der Waals surface area (Å²) in [6.45, 7) is 4.98. The van der Waals surface area contributed by atoms with E-state index in [9.17, 15) is 0 Å². The molecule has 1 rings (SSSR count). The Morgan fingerprint density at radius 2 is 2.36 bits per heavy atom. The second kappa shape index (κ2) is 3.48. The fourth-order valence-corrected chi connectivity index (χ4v) is 0.909. The van der Waals surface area contributed by atoms with Gasteiger partial charge in [0, 0.05) is 6.54 Å². The molecule has 0 aliphatic carbocycles. The van der Waals surface area contributed by atoms with Crippen LogP contribution in [0.5, 0.6) is 0 Å². The van der Waals surface area contributed by atoms with Gasteiger partial charge in [-0.3, -0.25) is 0 Å². The van der Waals surface area contributed by atoms with Gasteiger partial charge in [0.25, 0.3) is 0 Å². The van der Waals surface area contributed by atoms with Gasteiger partial charge in [-0.05, 0) is 5.92 Å². The third kappa shape index (κ3) is 2.01. The molecule has 1 aromatic heterocycles. The van der Waals surface area contributed by atoms with E-state index in [2.05, 4.69) is 23.9 Å². The minimum absolute atomic E-state index is 0.0350. The van der Waals surface area contributed by atoms with Crippen LogP contribution in [-0.4, -0.2) is 19.9 Å². The molecule has 0 bridgehead atoms. The van der Waals surface area contributed by atoms with Crippen molar-refractivity contribution >= 4 is 0 Å². The molecule has 4 nitrogen and oxygen atoms in total. The lowest BCUT2D eigenvalue weighted by Gasteiger charge is -2.05. The lowest BCUT2D eigenvalue weighted by atomic mass is 10.2. The third-order valence-corrected chi connectivity index (χ3v) is 1.38. The summed E-state index contributed by atoms with van der Waals surface area (Å²) in [5.41, 5.74) is 0. The van der Waals surface area contributed by atoms with Crippen molar-refractivity contribution in [2.24, 2.45) is 5.92 Å². The number of hydrogen-bond donors (Lipinski definition) is 1. The summed E-state index contributed by atoms with van der Waals surface area (Å²) < 4.78 is 1.73. The van der Waals surface area contributed by atoms with Crippen molar-refractivity contribution in [1.82, 2.24) is 14.8 Å². The number of aromatic nitrogens is 3. The first-order valence-corrected chi connectivity index (χ1v) is 3.71. The van der Waals surface area contributed by atoms with Crippen molar-refractivity contribution in [3.05, 3.63) is 12.2 Å². The molecule has 0 spiro atoms. The van der Waals surface area contributed by atoms with Crippen LogP contribution >= 0.6 is 0 Å². The molecule has 0 saturated heterocycles. The Morgan fingerprint density at radius 3 is 2.91 bits per heavy atom. The third-order valence-electron chi connectivity index (χ3n) is 1.38. The predicted octanol–water partition coefficient (Wildman–Crippen LogP) is 0.426. The summed E-state index contributed by atoms with van der Waals surface area (Å²) in [5, 5.41) is 12.8. The molecular weight excluding hydrogens is 142 g/mol. The smallest absolute Gasteiger partial charge is 0.152 e. The maximum absolute atomic E-state index is 8.80. The van der Waals surface area contributed by atoms with Gasteiger partial charge in [0.15, 0.2) is 5.82 Å². The van der Waals surface area contributed by atoms with Crippen LogP contribution in [0.25, 0.3) is 0 Å². The second-order valence-electron chi connectivity index (χ2n) is 2.91. The normalized spacial score (nSPS) is 10.9. The van der Waals surface area contributed by atoms with Gasteiger partial charge in [0.2, 0.25) is 0 Å². The van der Waals surface area contributed by atoms with E-state index >= 15 is 0 Å². The molecule has 0 radical (unpaired) electrons. The summed E-state index contributed by atoms with van der Waals surface area (Å²) >= 11 is 0. The molecular formula is C7H13N3O. The fourth-order valence-electron chi connectivity index (χ4n) is 0.909. The number of aliphatic hydroxyl groups is 1. The Kier molecular flexibility index (Phi) is 2.59. The van der Waals surface area contributed by atoms with Crippen molar-refractivity contribution in [1.29, 1.82) is 0 Å². The van der Waals surface area contributed by atoms with E-state index in [1.165, 1.54) is 6.33 Å². The average molecular weight is 155 g/mol. The number of aliphatic hydroxyl groups excluding tert-OH is 1. The van der Waals surface area contributed by atoms with E-state index in [0.29, 0.717) is 11.7 Å². The monoisotopic (exact) mass is 155 g/mol. The molecule has 0 amide bonds. The molecule has 62 valence electrons. The van der Waals surface area contributed by atoms with Crippen LogP contribution in [0.1, 0.15) is 19.7 Å². The molecule has 1 N–H and O–H groups in total. The number of hydrogen-bond acceptors (Lipinski definition) is 3. The number of nitrogens with zero attached hydrogens (tertiary/aromatic N) is 3. The molecule has 0 atom stereocenters. The zero-order valence-corrected chi connectivity index (χ0v) is 6.86. The van der Waals surface area contributed by atoms with E-state index in [0.717, 1.165) is 6.54 Å². The first-order chi connectivity index (χ1) is 5.24. The van der Waals surface area contributed by atoms with Crippen molar-refractivity contribution in [3.63, 3.8) is 0 Å². The highest BCUT2D eigenvalue weighted by molar-refractivity contribution is 4.80. The van der Waals surface area contributed by atoms with Crippen LogP contribution in [0.15, 0.2) is 6.33 Å². The summed E-state index contributed by atoms with van der Waals surface area (Å²) in [4.78, 5) is 3.89. The van der Waals surface area contributed by atoms with Crippen LogP contribution in [-0.2, 0) is 13.2 Å². The molecule has 4 heteroatoms. The van der Waals surface area contributed by atoms with E-state index in [1.54, 1.807) is 4.68 Å². The molecule has 0 saturated carbocycles. The van der Waals surface area contributed by atoms with Gasteiger partial charge in [-0.2, -0.15) is 5.10 Å². The average Bonchev–Trinajstić information content (AvgIpc) is 2.34. The van der Waals surface area contributed by atoms with Gasteiger partial charge < -0.3 is 5.11 Å². The zero-order valence-electron chi connectivity index (χ0n) is 6.86. The summed E-state index contributed by atoms with van der Waals surface area (Å²) in [6, 6.07) is 0. The zero-order chi connectivity index (χ0) is 8.27. The van der Waals surface area contributed by atoms with Gasteiger partial charge in [-0.15, -0.1) is 0 Å². The highest BCUT2D eigenvalue weighted by Gasteiger charge is 2.03. The van der Waals surface area contributed by atoms with E-state index in [4.69, 9.17) is 5.11 Å². The largest absolute Gasteiger partial charge is 0.388 e. The molecule has 0 aliphatic heterocycles. The highest BCUT2D eigenvalue weighted by Crippen LogP contribution is 2.00. The van der Waals surface area contributed by atoms with Crippen LogP contribution in [0.4, 0.5) is 0 Å². The van der Waals surface area contributed by atoms with Gasteiger partial charge in [0.1, 0.15) is 12.9 Å². The summed E-state index contributed by atoms with van der Waals surface area (Å²) in [6.07, 6.45) is 1.47. The lowest BCUT2D eigenvalue weighted by Crippen LogP contribution is -2.10. The van der Waals surface area contributed by atoms with Crippen molar-refractivity contribution in [2.45, 2.75) is 27.0 Å². The summed E-state index contributed by atoms with van der Waals surface area (Å²) in [5.74, 6) is 1.17. The Morgan fingerprint density at radius 1 is 1.64 bits per heavy atom. The topological polar surface area (TPSA) is 50.9 Å². The Labute approximate surface area is 65.9 Å². The van der Waals surface area contributed by atoms with Gasteiger partial charge in [0.05, 0.1) is 0 Å². The molecule has 1 aromatic rings. The Hall–Kier alpha value is -0.900. The van der Waals surface area contributed by atoms with Gasteiger partial charge in [-0.1, -0.05) is 13.8 Å². The standard InChI is InChI=1S/C7H13N3O/c1-6(2)3-10-7(4-11)8-5-9-10/h5-6,11H,3-4H2,1-2H3. The number of rotatable bonds is 3. The lowest BCUT2D eigenvalue weighted by molar-refractivity contribution is 0.259. The minimum atomic E-state index is -0.0350. The molecule has 0 fully saturated rings. The summed E-state index contributed by atoms with van der Waals surface area (Å²) in [7, 11) is 0. The fraction of sp³-hybridized carbons (Fsp3) is 0.714. The van der Waals surface area contributed by atoms with Crippen molar-refractivity contribution in [2.75, 3.05) is 0 Å². The van der Waals surface area contributed by atoms with Crippen LogP contribution in [0.2, 0.25) is 0 Å². The predicted molar refractivity (Wildman–Crippen MR) is 40.8 cm³/mol. The van der Waals surface area contributed by atoms with E-state index in [1.807, 2.05) is 0 Å². The first-order valence-electron chi connectivity index (χ1n) is 3.71. The van der Waals surface area contributed by atoms with Crippen molar-refractivity contribution in [3.8, 4) is 0 Å². The van der Waals surface area contributed by atoms with Crippen LogP contribution < -0.4 is 0 Å². The first kappa shape index (κ1) is 8.20. The Bertz CT molecular complexity index is 219. The highest BCUT2D eigenvalue weighted by atomic mass is 16.3. The molecule has 0 aromatic carbocycles. The maximum atomic E-state index is 8.80. The maximum Gasteiger partial charge on any atom is 0.152 e. The molecule has 11 heavy (non-hydrogen) atoms. The van der Waals surface area contributed by atoms with Gasteiger partial charge >= 0.3 is 0 Å².